The monoisotopic (exact) mass is 192 g/mol. The first-order valence-electron chi connectivity index (χ1n) is 4.14. The van der Waals surface area contributed by atoms with Crippen LogP contribution in [0.25, 0.3) is 11.3 Å². The summed E-state index contributed by atoms with van der Waals surface area (Å²) in [6, 6.07) is 4.82. The number of nitrogen functional groups attached to an aromatic ring is 1. The van der Waals surface area contributed by atoms with Gasteiger partial charge in [-0.1, -0.05) is 11.6 Å². The second-order valence-electron chi connectivity index (χ2n) is 3.05. The number of hydrogen-bond acceptors (Lipinski definition) is 3. The number of hydrogen-bond donors (Lipinski definition) is 1. The normalized spacial score (nSPS) is 10.4. The van der Waals surface area contributed by atoms with Gasteiger partial charge in [-0.25, -0.2) is 9.37 Å². The van der Waals surface area contributed by atoms with Crippen LogP contribution in [0.1, 0.15) is 5.56 Å². The summed E-state index contributed by atoms with van der Waals surface area (Å²) < 4.78 is 18.4. The van der Waals surface area contributed by atoms with Crippen LogP contribution in [-0.4, -0.2) is 4.98 Å². The van der Waals surface area contributed by atoms with E-state index < -0.39 is 0 Å². The average Bonchev–Trinajstić information content (AvgIpc) is 2.56. The third-order valence-corrected chi connectivity index (χ3v) is 1.91. The van der Waals surface area contributed by atoms with Gasteiger partial charge in [0.15, 0.2) is 5.76 Å². The van der Waals surface area contributed by atoms with Crippen LogP contribution >= 0.6 is 0 Å². The van der Waals surface area contributed by atoms with Crippen LogP contribution < -0.4 is 5.73 Å². The quantitative estimate of drug-likeness (QED) is 0.754. The third kappa shape index (κ3) is 1.46. The van der Waals surface area contributed by atoms with Crippen LogP contribution in [0.3, 0.4) is 0 Å². The van der Waals surface area contributed by atoms with Crippen LogP contribution in [0.2, 0.25) is 0 Å². The Kier molecular flexibility index (Phi) is 1.96. The predicted octanol–water partition coefficient (Wildman–Crippen LogP) is 2.37. The summed E-state index contributed by atoms with van der Waals surface area (Å²) >= 11 is 0. The Morgan fingerprint density at radius 3 is 2.86 bits per heavy atom. The van der Waals surface area contributed by atoms with Crippen molar-refractivity contribution < 1.29 is 8.81 Å². The fraction of sp³-hybridized carbons (Fsp3) is 0.100. The number of halogens is 1. The summed E-state index contributed by atoms with van der Waals surface area (Å²) in [5.74, 6) is 0.00968. The smallest absolute Gasteiger partial charge is 0.292 e. The van der Waals surface area contributed by atoms with Crippen molar-refractivity contribution in [1.29, 1.82) is 0 Å². The highest BCUT2D eigenvalue weighted by atomic mass is 19.1. The summed E-state index contributed by atoms with van der Waals surface area (Å²) in [6.45, 7) is 1.88. The molecule has 2 rings (SSSR count). The average molecular weight is 192 g/mol. The van der Waals surface area contributed by atoms with Gasteiger partial charge >= 0.3 is 0 Å². The summed E-state index contributed by atoms with van der Waals surface area (Å²) in [7, 11) is 0. The van der Waals surface area contributed by atoms with Crippen molar-refractivity contribution in [3.8, 4) is 11.3 Å². The van der Waals surface area contributed by atoms with Gasteiger partial charge in [-0.05, 0) is 19.1 Å². The lowest BCUT2D eigenvalue weighted by Gasteiger charge is -1.99. The number of oxazole rings is 1. The Labute approximate surface area is 80.4 Å². The van der Waals surface area contributed by atoms with Crippen LogP contribution in [0.15, 0.2) is 28.8 Å². The van der Waals surface area contributed by atoms with Crippen LogP contribution in [0, 0.1) is 12.7 Å². The molecule has 0 radical (unpaired) electrons. The van der Waals surface area contributed by atoms with E-state index in [4.69, 9.17) is 10.2 Å². The van der Waals surface area contributed by atoms with Gasteiger partial charge in [0.1, 0.15) is 5.82 Å². The summed E-state index contributed by atoms with van der Waals surface area (Å²) in [5.41, 5.74) is 6.64. The van der Waals surface area contributed by atoms with Crippen molar-refractivity contribution in [2.24, 2.45) is 0 Å². The van der Waals surface area contributed by atoms with E-state index in [2.05, 4.69) is 4.98 Å². The standard InChI is InChI=1S/C10H9FN2O/c1-6-2-3-8(11)7(4-6)9-5-13-10(12)14-9/h2-5H,1H3,(H2,12,13). The number of aromatic nitrogens is 1. The molecule has 72 valence electrons. The van der Waals surface area contributed by atoms with Crippen LogP contribution in [-0.2, 0) is 0 Å². The second kappa shape index (κ2) is 3.14. The number of aryl methyl sites for hydroxylation is 1. The van der Waals surface area contributed by atoms with Gasteiger partial charge in [-0.2, -0.15) is 0 Å². The lowest BCUT2D eigenvalue weighted by Crippen LogP contribution is -1.84. The molecule has 3 nitrogen and oxygen atoms in total. The molecule has 0 saturated carbocycles. The Hall–Kier alpha value is -1.84. The predicted molar refractivity (Wildman–Crippen MR) is 51.0 cm³/mol. The maximum Gasteiger partial charge on any atom is 0.292 e. The third-order valence-electron chi connectivity index (χ3n) is 1.91. The summed E-state index contributed by atoms with van der Waals surface area (Å²) in [6.07, 6.45) is 1.41. The van der Waals surface area contributed by atoms with E-state index in [9.17, 15) is 4.39 Å². The van der Waals surface area contributed by atoms with E-state index in [1.54, 1.807) is 12.1 Å². The zero-order valence-electron chi connectivity index (χ0n) is 7.62. The molecule has 14 heavy (non-hydrogen) atoms. The molecule has 2 aromatic rings. The van der Waals surface area contributed by atoms with E-state index in [0.717, 1.165) is 5.56 Å². The van der Waals surface area contributed by atoms with Gasteiger partial charge in [-0.15, -0.1) is 0 Å². The zero-order chi connectivity index (χ0) is 10.1. The minimum Gasteiger partial charge on any atom is -0.424 e. The number of nitrogens with zero attached hydrogens (tertiary/aromatic N) is 1. The number of nitrogens with two attached hydrogens (primary N) is 1. The van der Waals surface area contributed by atoms with E-state index in [1.165, 1.54) is 12.3 Å². The number of rotatable bonds is 1. The molecular weight excluding hydrogens is 183 g/mol. The number of benzene rings is 1. The summed E-state index contributed by atoms with van der Waals surface area (Å²) in [5, 5.41) is 0. The Morgan fingerprint density at radius 1 is 1.43 bits per heavy atom. The van der Waals surface area contributed by atoms with Gasteiger partial charge in [-0.3, -0.25) is 0 Å². The lowest BCUT2D eigenvalue weighted by molar-refractivity contribution is 0.579. The SMILES string of the molecule is Cc1ccc(F)c(-c2cnc(N)o2)c1. The highest BCUT2D eigenvalue weighted by Crippen LogP contribution is 2.24. The largest absolute Gasteiger partial charge is 0.424 e. The maximum atomic E-state index is 13.3. The van der Waals surface area contributed by atoms with Gasteiger partial charge in [0.2, 0.25) is 0 Å². The maximum absolute atomic E-state index is 13.3. The van der Waals surface area contributed by atoms with Gasteiger partial charge in [0.05, 0.1) is 11.8 Å². The van der Waals surface area contributed by atoms with Gasteiger partial charge in [0, 0.05) is 0 Å². The van der Waals surface area contributed by atoms with Crippen molar-refractivity contribution in [2.45, 2.75) is 6.92 Å². The van der Waals surface area contributed by atoms with Crippen LogP contribution in [0.4, 0.5) is 10.4 Å². The fourth-order valence-electron chi connectivity index (χ4n) is 1.24. The van der Waals surface area contributed by atoms with Crippen molar-refractivity contribution in [2.75, 3.05) is 5.73 Å². The van der Waals surface area contributed by atoms with E-state index in [-0.39, 0.29) is 11.8 Å². The molecule has 0 spiro atoms. The molecule has 1 aromatic heterocycles. The van der Waals surface area contributed by atoms with Crippen molar-refractivity contribution in [3.05, 3.63) is 35.8 Å². The van der Waals surface area contributed by atoms with E-state index >= 15 is 0 Å². The molecule has 0 bridgehead atoms. The molecular formula is C10H9FN2O. The van der Waals surface area contributed by atoms with Crippen molar-refractivity contribution in [3.63, 3.8) is 0 Å². The Morgan fingerprint density at radius 2 is 2.21 bits per heavy atom. The molecule has 0 unspecified atom stereocenters. The van der Waals surface area contributed by atoms with Crippen molar-refractivity contribution in [1.82, 2.24) is 4.98 Å². The zero-order valence-corrected chi connectivity index (χ0v) is 7.62. The molecule has 0 amide bonds. The molecule has 0 aliphatic heterocycles. The molecule has 0 aliphatic carbocycles. The highest BCUT2D eigenvalue weighted by Gasteiger charge is 2.09. The topological polar surface area (TPSA) is 52.0 Å². The molecule has 0 aliphatic rings. The van der Waals surface area contributed by atoms with E-state index in [1.807, 2.05) is 6.92 Å². The minimum atomic E-state index is -0.341. The van der Waals surface area contributed by atoms with Crippen molar-refractivity contribution >= 4 is 6.01 Å². The minimum absolute atomic E-state index is 0.0425. The molecule has 1 heterocycles. The Balaban J connectivity index is 2.55. The molecule has 2 N–H and O–H groups in total. The van der Waals surface area contributed by atoms with E-state index in [0.29, 0.717) is 11.3 Å². The van der Waals surface area contributed by atoms with Gasteiger partial charge in [0.25, 0.3) is 6.01 Å². The lowest BCUT2D eigenvalue weighted by atomic mass is 10.1. The first-order chi connectivity index (χ1) is 6.66. The van der Waals surface area contributed by atoms with Gasteiger partial charge < -0.3 is 10.2 Å². The number of anilines is 1. The summed E-state index contributed by atoms with van der Waals surface area (Å²) in [4.78, 5) is 3.71. The molecule has 0 saturated heterocycles. The first-order valence-corrected chi connectivity index (χ1v) is 4.14. The second-order valence-corrected chi connectivity index (χ2v) is 3.05. The first kappa shape index (κ1) is 8.74. The highest BCUT2D eigenvalue weighted by molar-refractivity contribution is 5.59. The molecule has 0 fully saturated rings. The molecule has 4 heteroatoms. The Bertz CT molecular complexity index is 465. The molecule has 0 atom stereocenters. The fourth-order valence-corrected chi connectivity index (χ4v) is 1.24. The molecule has 1 aromatic carbocycles. The van der Waals surface area contributed by atoms with Crippen LogP contribution in [0.5, 0.6) is 0 Å².